The van der Waals surface area contributed by atoms with Crippen LogP contribution in [0, 0.1) is 0 Å². The maximum Gasteiger partial charge on any atom is 0.273 e. The van der Waals surface area contributed by atoms with E-state index in [0.29, 0.717) is 12.3 Å². The first kappa shape index (κ1) is 15.0. The molecule has 0 aliphatic carbocycles. The van der Waals surface area contributed by atoms with Crippen LogP contribution in [0.25, 0.3) is 11.3 Å². The highest BCUT2D eigenvalue weighted by Crippen LogP contribution is 2.19. The van der Waals surface area contributed by atoms with E-state index in [1.165, 1.54) is 0 Å². The number of amides is 1. The topological polar surface area (TPSA) is 85.8 Å². The first-order chi connectivity index (χ1) is 11.2. The van der Waals surface area contributed by atoms with Crippen LogP contribution >= 0.6 is 0 Å². The Hall–Kier alpha value is -2.96. The highest BCUT2D eigenvalue weighted by atomic mass is 16.5. The molecule has 1 N–H and O–H groups in total. The predicted molar refractivity (Wildman–Crippen MR) is 83.6 cm³/mol. The van der Waals surface area contributed by atoms with Crippen molar-refractivity contribution < 1.29 is 9.32 Å². The zero-order valence-corrected chi connectivity index (χ0v) is 12.8. The summed E-state index contributed by atoms with van der Waals surface area (Å²) < 4.78 is 6.95. The second-order valence-corrected chi connectivity index (χ2v) is 5.15. The van der Waals surface area contributed by atoms with Crippen molar-refractivity contribution in [1.82, 2.24) is 25.5 Å². The minimum atomic E-state index is -0.237. The van der Waals surface area contributed by atoms with Gasteiger partial charge in [0.05, 0.1) is 11.9 Å². The Morgan fingerprint density at radius 3 is 2.87 bits per heavy atom. The molecule has 0 aliphatic rings. The van der Waals surface area contributed by atoms with E-state index in [4.69, 9.17) is 4.52 Å². The molecular formula is C16H17N5O2. The van der Waals surface area contributed by atoms with Crippen molar-refractivity contribution >= 4 is 5.91 Å². The average Bonchev–Trinajstić information content (AvgIpc) is 3.22. The Bertz CT molecular complexity index is 779. The van der Waals surface area contributed by atoms with Gasteiger partial charge in [0.15, 0.2) is 11.5 Å². The van der Waals surface area contributed by atoms with Gasteiger partial charge in [-0.05, 0) is 12.8 Å². The number of hydrogen-bond donors (Lipinski definition) is 1. The number of hydrogen-bond acceptors (Lipinski definition) is 5. The van der Waals surface area contributed by atoms with Gasteiger partial charge < -0.3 is 9.84 Å². The SMILES string of the molecule is Cn1nncc1CCCNC(=O)c1cc(-c2ccccc2)on1. The summed E-state index contributed by atoms with van der Waals surface area (Å²) in [5.74, 6) is 0.343. The fraction of sp³-hybridized carbons (Fsp3) is 0.250. The molecule has 3 aromatic rings. The number of nitrogens with one attached hydrogen (secondary N) is 1. The van der Waals surface area contributed by atoms with Crippen LogP contribution in [0.4, 0.5) is 0 Å². The minimum Gasteiger partial charge on any atom is -0.355 e. The van der Waals surface area contributed by atoms with Crippen molar-refractivity contribution in [3.63, 3.8) is 0 Å². The largest absolute Gasteiger partial charge is 0.355 e. The first-order valence-corrected chi connectivity index (χ1v) is 7.38. The Morgan fingerprint density at radius 1 is 1.30 bits per heavy atom. The molecule has 0 saturated carbocycles. The molecule has 2 aromatic heterocycles. The fourth-order valence-electron chi connectivity index (χ4n) is 2.22. The molecule has 7 nitrogen and oxygen atoms in total. The molecule has 0 unspecified atom stereocenters. The Labute approximate surface area is 133 Å². The zero-order chi connectivity index (χ0) is 16.1. The summed E-state index contributed by atoms with van der Waals surface area (Å²) in [5, 5.41) is 14.3. The van der Waals surface area contributed by atoms with Gasteiger partial charge in [-0.1, -0.05) is 40.7 Å². The van der Waals surface area contributed by atoms with Crippen LogP contribution in [0.2, 0.25) is 0 Å². The minimum absolute atomic E-state index is 0.237. The van der Waals surface area contributed by atoms with E-state index in [2.05, 4.69) is 20.8 Å². The monoisotopic (exact) mass is 311 g/mol. The van der Waals surface area contributed by atoms with Gasteiger partial charge in [0, 0.05) is 25.2 Å². The summed E-state index contributed by atoms with van der Waals surface area (Å²) >= 11 is 0. The van der Waals surface area contributed by atoms with E-state index >= 15 is 0 Å². The fourth-order valence-corrected chi connectivity index (χ4v) is 2.22. The second-order valence-electron chi connectivity index (χ2n) is 5.15. The standard InChI is InChI=1S/C16H17N5O2/c1-21-13(11-18-20-21)8-5-9-17-16(22)14-10-15(23-19-14)12-6-3-2-4-7-12/h2-4,6-7,10-11H,5,8-9H2,1H3,(H,17,22). The maximum atomic E-state index is 12.1. The molecule has 0 fully saturated rings. The summed E-state index contributed by atoms with van der Waals surface area (Å²) in [6, 6.07) is 11.2. The molecule has 0 bridgehead atoms. The average molecular weight is 311 g/mol. The lowest BCUT2D eigenvalue weighted by molar-refractivity contribution is 0.0944. The van der Waals surface area contributed by atoms with Crippen molar-refractivity contribution in [3.05, 3.63) is 54.0 Å². The molecule has 0 radical (unpaired) electrons. The summed E-state index contributed by atoms with van der Waals surface area (Å²) in [7, 11) is 1.85. The van der Waals surface area contributed by atoms with Crippen LogP contribution in [0.3, 0.4) is 0 Å². The van der Waals surface area contributed by atoms with Gasteiger partial charge in [-0.15, -0.1) is 5.10 Å². The first-order valence-electron chi connectivity index (χ1n) is 7.38. The molecule has 2 heterocycles. The molecule has 23 heavy (non-hydrogen) atoms. The van der Waals surface area contributed by atoms with Crippen molar-refractivity contribution in [2.75, 3.05) is 6.54 Å². The molecule has 0 aliphatic heterocycles. The Morgan fingerprint density at radius 2 is 2.13 bits per heavy atom. The highest BCUT2D eigenvalue weighted by molar-refractivity contribution is 5.93. The molecular weight excluding hydrogens is 294 g/mol. The highest BCUT2D eigenvalue weighted by Gasteiger charge is 2.13. The molecule has 0 spiro atoms. The summed E-state index contributed by atoms with van der Waals surface area (Å²) in [6.45, 7) is 0.553. The number of benzene rings is 1. The summed E-state index contributed by atoms with van der Waals surface area (Å²) in [4.78, 5) is 12.1. The van der Waals surface area contributed by atoms with Gasteiger partial charge in [0.2, 0.25) is 0 Å². The molecule has 1 aromatic carbocycles. The normalized spacial score (nSPS) is 10.7. The molecule has 0 atom stereocenters. The third-order valence-corrected chi connectivity index (χ3v) is 3.50. The van der Waals surface area contributed by atoms with Crippen LogP contribution in [-0.2, 0) is 13.5 Å². The maximum absolute atomic E-state index is 12.1. The van der Waals surface area contributed by atoms with Crippen molar-refractivity contribution in [3.8, 4) is 11.3 Å². The van der Waals surface area contributed by atoms with E-state index in [1.54, 1.807) is 16.9 Å². The second kappa shape index (κ2) is 6.87. The summed E-state index contributed by atoms with van der Waals surface area (Å²) in [6.07, 6.45) is 3.33. The van der Waals surface area contributed by atoms with Gasteiger partial charge in [0.25, 0.3) is 5.91 Å². The number of aromatic nitrogens is 4. The van der Waals surface area contributed by atoms with Crippen LogP contribution < -0.4 is 5.32 Å². The van der Waals surface area contributed by atoms with Crippen LogP contribution in [0.15, 0.2) is 47.1 Å². The Kier molecular flexibility index (Phi) is 4.46. The van der Waals surface area contributed by atoms with Gasteiger partial charge in [-0.2, -0.15) is 0 Å². The lowest BCUT2D eigenvalue weighted by atomic mass is 10.1. The molecule has 7 heteroatoms. The molecule has 1 amide bonds. The lowest BCUT2D eigenvalue weighted by Gasteiger charge is -2.02. The zero-order valence-electron chi connectivity index (χ0n) is 12.8. The number of carbonyl (C=O) groups is 1. The smallest absolute Gasteiger partial charge is 0.273 e. The number of nitrogens with zero attached hydrogens (tertiary/aromatic N) is 4. The van der Waals surface area contributed by atoms with Crippen LogP contribution in [-0.4, -0.2) is 32.6 Å². The van der Waals surface area contributed by atoms with Crippen LogP contribution in [0.1, 0.15) is 22.6 Å². The summed E-state index contributed by atoms with van der Waals surface area (Å²) in [5.41, 5.74) is 2.21. The quantitative estimate of drug-likeness (QED) is 0.702. The van der Waals surface area contributed by atoms with E-state index in [9.17, 15) is 4.79 Å². The number of rotatable bonds is 6. The third kappa shape index (κ3) is 3.63. The van der Waals surface area contributed by atoms with Crippen molar-refractivity contribution in [1.29, 1.82) is 0 Å². The van der Waals surface area contributed by atoms with E-state index in [1.807, 2.05) is 37.4 Å². The molecule has 0 saturated heterocycles. The van der Waals surface area contributed by atoms with Crippen LogP contribution in [0.5, 0.6) is 0 Å². The third-order valence-electron chi connectivity index (χ3n) is 3.50. The van der Waals surface area contributed by atoms with Gasteiger partial charge in [0.1, 0.15) is 0 Å². The van der Waals surface area contributed by atoms with Gasteiger partial charge in [-0.25, -0.2) is 0 Å². The van der Waals surface area contributed by atoms with E-state index in [-0.39, 0.29) is 11.6 Å². The van der Waals surface area contributed by atoms with Gasteiger partial charge in [-0.3, -0.25) is 9.48 Å². The number of aryl methyl sites for hydroxylation is 2. The van der Waals surface area contributed by atoms with Crippen molar-refractivity contribution in [2.45, 2.75) is 12.8 Å². The lowest BCUT2D eigenvalue weighted by Crippen LogP contribution is -2.25. The molecule has 118 valence electrons. The van der Waals surface area contributed by atoms with E-state index < -0.39 is 0 Å². The predicted octanol–water partition coefficient (Wildman–Crippen LogP) is 1.83. The molecule has 3 rings (SSSR count). The van der Waals surface area contributed by atoms with E-state index in [0.717, 1.165) is 24.1 Å². The Balaban J connectivity index is 1.51. The van der Waals surface area contributed by atoms with Crippen molar-refractivity contribution in [2.24, 2.45) is 7.05 Å². The van der Waals surface area contributed by atoms with Gasteiger partial charge >= 0.3 is 0 Å². The number of carbonyl (C=O) groups excluding carboxylic acids is 1.